The molecule has 1 aromatic rings. The number of hydrogen-bond acceptors (Lipinski definition) is 21. The molecule has 0 fully saturated rings. The zero-order valence-corrected chi connectivity index (χ0v) is 65.0. The van der Waals surface area contributed by atoms with Crippen LogP contribution in [0.2, 0.25) is 0 Å². The van der Waals surface area contributed by atoms with Crippen molar-refractivity contribution in [2.75, 3.05) is 0 Å². The van der Waals surface area contributed by atoms with Crippen LogP contribution in [0.5, 0.6) is 0 Å². The van der Waals surface area contributed by atoms with Crippen LogP contribution in [0.4, 0.5) is 0 Å². The van der Waals surface area contributed by atoms with Crippen LogP contribution in [0, 0.1) is 29.6 Å². The van der Waals surface area contributed by atoms with E-state index in [-0.39, 0.29) is 37.5 Å². The quantitative estimate of drug-likeness (QED) is 0.0290. The third kappa shape index (κ3) is 37.8. The highest BCUT2D eigenvalue weighted by atomic mass is 16.4. The zero-order chi connectivity index (χ0) is 85.7. The van der Waals surface area contributed by atoms with Crippen LogP contribution in [0.25, 0.3) is 0 Å². The molecule has 112 heavy (non-hydrogen) atoms. The summed E-state index contributed by atoms with van der Waals surface area (Å²) >= 11 is 0. The van der Waals surface area contributed by atoms with Crippen molar-refractivity contribution in [1.82, 2.24) is 69.1 Å². The van der Waals surface area contributed by atoms with Crippen molar-refractivity contribution in [2.24, 2.45) is 52.5 Å². The largest absolute Gasteiger partial charge is 0.481 e. The minimum Gasteiger partial charge on any atom is -0.481 e. The summed E-state index contributed by atoms with van der Waals surface area (Å²) in [6, 6.07) is -14.7. The van der Waals surface area contributed by atoms with Crippen LogP contribution in [0.3, 0.4) is 0 Å². The van der Waals surface area contributed by atoms with Gasteiger partial charge in [0.2, 0.25) is 94.5 Å². The van der Waals surface area contributed by atoms with Gasteiger partial charge in [-0.15, -0.1) is 0 Å². The van der Waals surface area contributed by atoms with Crippen LogP contribution in [-0.4, -0.2) is 223 Å². The van der Waals surface area contributed by atoms with Crippen molar-refractivity contribution < 1.29 is 116 Å². The maximum atomic E-state index is 14.3. The Kier molecular flexibility index (Phi) is 43.1. The number of carbonyl (C=O) groups excluding carboxylic acids is 16. The molecule has 0 aliphatic rings. The minimum atomic E-state index is -2.03. The van der Waals surface area contributed by atoms with Crippen molar-refractivity contribution in [3.8, 4) is 0 Å². The summed E-state index contributed by atoms with van der Waals surface area (Å²) in [6.07, 6.45) is -7.03. The van der Waals surface area contributed by atoms with Crippen molar-refractivity contribution in [1.29, 1.82) is 0 Å². The van der Waals surface area contributed by atoms with Crippen LogP contribution < -0.4 is 92.1 Å². The zero-order valence-electron chi connectivity index (χ0n) is 65.0. The Balaban J connectivity index is 3.50. The lowest BCUT2D eigenvalue weighted by atomic mass is 9.95. The molecule has 41 heteroatoms. The highest BCUT2D eigenvalue weighted by Crippen LogP contribution is 2.16. The van der Waals surface area contributed by atoms with Crippen LogP contribution >= 0.6 is 0 Å². The van der Waals surface area contributed by atoms with E-state index < -0.39 is 279 Å². The number of carboxylic acid groups (broad SMARTS) is 4. The minimum absolute atomic E-state index is 0.0181. The van der Waals surface area contributed by atoms with Crippen LogP contribution in [0.1, 0.15) is 172 Å². The van der Waals surface area contributed by atoms with Gasteiger partial charge in [-0.05, 0) is 93.9 Å². The first-order valence-corrected chi connectivity index (χ1v) is 36.5. The summed E-state index contributed by atoms with van der Waals surface area (Å²) in [6.45, 7) is 18.8. The molecule has 0 spiro atoms. The fourth-order valence-electron chi connectivity index (χ4n) is 10.9. The molecule has 0 heterocycles. The first-order valence-electron chi connectivity index (χ1n) is 36.5. The summed E-state index contributed by atoms with van der Waals surface area (Å²) in [5, 5.41) is 69.4. The molecule has 1 aromatic carbocycles. The van der Waals surface area contributed by atoms with Crippen molar-refractivity contribution in [3.05, 3.63) is 35.9 Å². The van der Waals surface area contributed by atoms with Gasteiger partial charge in [-0.25, -0.2) is 4.79 Å². The molecule has 1 rings (SSSR count). The average molecular weight is 1590 g/mol. The van der Waals surface area contributed by atoms with Gasteiger partial charge in [0.1, 0.15) is 78.5 Å². The van der Waals surface area contributed by atoms with Gasteiger partial charge in [-0.1, -0.05) is 106 Å². The number of amides is 16. The lowest BCUT2D eigenvalue weighted by molar-refractivity contribution is -0.143. The Hall–Kier alpha value is -11.4. The molecule has 15 atom stereocenters. The molecule has 626 valence electrons. The van der Waals surface area contributed by atoms with E-state index in [4.69, 9.17) is 22.9 Å². The molecule has 41 nitrogen and oxygen atoms in total. The highest BCUT2D eigenvalue weighted by molar-refractivity contribution is 6.02. The monoisotopic (exact) mass is 1590 g/mol. The molecule has 25 N–H and O–H groups in total. The van der Waals surface area contributed by atoms with Crippen LogP contribution in [0.15, 0.2) is 30.3 Å². The molecule has 0 unspecified atom stereocenters. The molecular weight excluding hydrogens is 1470 g/mol. The summed E-state index contributed by atoms with van der Waals surface area (Å²) in [5.41, 5.74) is 22.8. The fourth-order valence-corrected chi connectivity index (χ4v) is 10.9. The molecular formula is C71H113N17O24. The lowest BCUT2D eigenvalue weighted by Crippen LogP contribution is -2.61. The Labute approximate surface area is 647 Å². The SMILES string of the molecule is CC[C@H](C)[C@H](NC(=O)[C@H](CC(C)C)NC(=O)[C@H](C)NC(=O)[C@H](CC(=O)O)NC(=O)[C@H](CCC(=O)O)NC(=O)[C@H](CC(C)C)NC(=O)[C@@H](NC(=O)[C@H](C)NC(=O)[C@H](CCC(N)=O)NC(=O)[C@H](CCC(N)=O)NC(=O)[C@H](CC(N)=O)NC(=O)[C@H](CC(=O)O)NC(=O)[C@@H](N)Cc1ccccc1)C(C)C)C(=O)N[C@@H](CC(C)C)C(=O)O. The summed E-state index contributed by atoms with van der Waals surface area (Å²) in [7, 11) is 0. The summed E-state index contributed by atoms with van der Waals surface area (Å²) in [5.74, 6) is -26.1. The number of carboxylic acids is 4. The molecule has 16 amide bonds. The maximum absolute atomic E-state index is 14.3. The predicted molar refractivity (Wildman–Crippen MR) is 397 cm³/mol. The van der Waals surface area contributed by atoms with E-state index in [1.54, 1.807) is 85.7 Å². The Bertz CT molecular complexity index is 3500. The molecule has 0 aromatic heterocycles. The van der Waals surface area contributed by atoms with Crippen molar-refractivity contribution in [3.63, 3.8) is 0 Å². The number of nitrogens with two attached hydrogens (primary N) is 4. The Morgan fingerprint density at radius 2 is 0.643 bits per heavy atom. The average Bonchev–Trinajstić information content (AvgIpc) is 0.850. The number of benzene rings is 1. The van der Waals surface area contributed by atoms with E-state index in [0.717, 1.165) is 13.8 Å². The lowest BCUT2D eigenvalue weighted by Gasteiger charge is -2.29. The first kappa shape index (κ1) is 98.6. The van der Waals surface area contributed by atoms with Gasteiger partial charge in [0.25, 0.3) is 0 Å². The second kappa shape index (κ2) is 49.0. The summed E-state index contributed by atoms with van der Waals surface area (Å²) in [4.78, 5) is 265. The Morgan fingerprint density at radius 1 is 0.330 bits per heavy atom. The smallest absolute Gasteiger partial charge is 0.326 e. The number of rotatable bonds is 53. The van der Waals surface area contributed by atoms with Crippen molar-refractivity contribution >= 4 is 118 Å². The van der Waals surface area contributed by atoms with E-state index >= 15 is 0 Å². The van der Waals surface area contributed by atoms with Gasteiger partial charge < -0.3 is 112 Å². The van der Waals surface area contributed by atoms with E-state index in [1.807, 2.05) is 0 Å². The third-order valence-corrected chi connectivity index (χ3v) is 17.1. The Morgan fingerprint density at radius 3 is 1.03 bits per heavy atom. The molecule has 0 saturated heterocycles. The number of hydrogen-bond donors (Lipinski definition) is 21. The van der Waals surface area contributed by atoms with E-state index in [9.17, 15) is 116 Å². The van der Waals surface area contributed by atoms with Crippen molar-refractivity contribution in [2.45, 2.75) is 258 Å². The van der Waals surface area contributed by atoms with Gasteiger partial charge in [-0.3, -0.25) is 91.1 Å². The molecule has 0 bridgehead atoms. The van der Waals surface area contributed by atoms with E-state index in [1.165, 1.54) is 13.8 Å². The van der Waals surface area contributed by atoms with Gasteiger partial charge in [0.05, 0.1) is 25.3 Å². The standard InChI is InChI=1S/C71H113N17O24/c1-13-36(10)57(70(110)86-49(71(111)112)27-34(6)7)88-68(108)45(26-33(4)5)81-58(98)37(11)77-64(104)47(30-54(94)95)84-63(103)43(21-24-53(92)93)80-65(105)44(25-32(2)3)85-69(109)56(35(8)9)87-59(99)38(12)76-61(101)41(19-22-50(73)89)78-62(102)42(20-23-51(74)90)79-66(106)46(29-52(75)91)83-67(107)48(31-55(96)97)82-60(100)40(72)28-39-17-15-14-16-18-39/h14-18,32-38,40-49,56-57H,13,19-31,72H2,1-12H3,(H2,73,89)(H2,74,90)(H2,75,91)(H,76,101)(H,77,104)(H,78,102)(H,79,106)(H,80,105)(H,81,98)(H,82,100)(H,83,107)(H,84,103)(H,85,109)(H,86,110)(H,87,99)(H,88,108)(H,92,93)(H,94,95)(H,96,97)(H,111,112)/t36-,37-,38-,40-,41-,42-,43-,44-,45-,46-,47-,48-,49-,56-,57-/m0/s1. The maximum Gasteiger partial charge on any atom is 0.326 e. The fraction of sp³-hybridized carbons (Fsp3) is 0.634. The highest BCUT2D eigenvalue weighted by Gasteiger charge is 2.40. The topological polar surface area (TPSA) is 683 Å². The number of nitrogens with one attached hydrogen (secondary N) is 13. The number of carbonyl (C=O) groups is 20. The van der Waals surface area contributed by atoms with Gasteiger partial charge in [-0.2, -0.15) is 0 Å². The normalized spacial score (nSPS) is 15.2. The molecule has 0 aliphatic heterocycles. The number of primary amides is 3. The number of aliphatic carboxylic acids is 4. The third-order valence-electron chi connectivity index (χ3n) is 17.1. The van der Waals surface area contributed by atoms with Gasteiger partial charge in [0, 0.05) is 19.3 Å². The predicted octanol–water partition coefficient (Wildman–Crippen LogP) is -4.96. The second-order valence-electron chi connectivity index (χ2n) is 28.9. The van der Waals surface area contributed by atoms with Crippen LogP contribution in [-0.2, 0) is 102 Å². The first-order chi connectivity index (χ1) is 52.1. The molecule has 0 saturated carbocycles. The molecule has 0 radical (unpaired) electrons. The van der Waals surface area contributed by atoms with Gasteiger partial charge >= 0.3 is 23.9 Å². The van der Waals surface area contributed by atoms with E-state index in [2.05, 4.69) is 69.1 Å². The molecule has 0 aliphatic carbocycles. The van der Waals surface area contributed by atoms with Gasteiger partial charge in [0.15, 0.2) is 0 Å². The second-order valence-corrected chi connectivity index (χ2v) is 28.9. The van der Waals surface area contributed by atoms with E-state index in [0.29, 0.717) is 12.0 Å². The summed E-state index contributed by atoms with van der Waals surface area (Å²) < 4.78 is 0.